The van der Waals surface area contributed by atoms with E-state index < -0.39 is 0 Å². The van der Waals surface area contributed by atoms with Crippen LogP contribution >= 0.6 is 0 Å². The summed E-state index contributed by atoms with van der Waals surface area (Å²) in [5.74, 6) is 1.11. The van der Waals surface area contributed by atoms with E-state index in [1.807, 2.05) is 7.05 Å². The summed E-state index contributed by atoms with van der Waals surface area (Å²) in [6.07, 6.45) is 7.68. The van der Waals surface area contributed by atoms with E-state index in [1.165, 1.54) is 29.6 Å². The molecule has 0 saturated carbocycles. The van der Waals surface area contributed by atoms with Crippen LogP contribution in [0.3, 0.4) is 0 Å². The van der Waals surface area contributed by atoms with Crippen molar-refractivity contribution < 1.29 is 0 Å². The minimum atomic E-state index is 0.374. The molecule has 1 aliphatic carbocycles. The van der Waals surface area contributed by atoms with Gasteiger partial charge in [-0.2, -0.15) is 0 Å². The highest BCUT2D eigenvalue weighted by atomic mass is 15.1. The molecule has 0 amide bonds. The largest absolute Gasteiger partial charge is 0.330 e. The Morgan fingerprint density at radius 3 is 2.86 bits per heavy atom. The average Bonchev–Trinajstić information content (AvgIpc) is 3.07. The van der Waals surface area contributed by atoms with Gasteiger partial charge in [0.2, 0.25) is 0 Å². The minimum absolute atomic E-state index is 0.374. The Kier molecular flexibility index (Phi) is 6.03. The Labute approximate surface area is 167 Å². The van der Waals surface area contributed by atoms with E-state index >= 15 is 0 Å². The van der Waals surface area contributed by atoms with Gasteiger partial charge in [-0.05, 0) is 69.5 Å². The number of aryl methyl sites for hydroxylation is 2. The van der Waals surface area contributed by atoms with Gasteiger partial charge in [0, 0.05) is 24.7 Å². The molecule has 5 heteroatoms. The van der Waals surface area contributed by atoms with Crippen LogP contribution in [0.5, 0.6) is 0 Å². The van der Waals surface area contributed by atoms with Gasteiger partial charge in [-0.25, -0.2) is 4.98 Å². The second-order valence-corrected chi connectivity index (χ2v) is 7.77. The standard InChI is InChI=1S/C23H31N5/c1-25-20-10-7-8-17-12-13-18(26-23(17)20)16-22-27-19-9-3-4-11-21(19)28(22)15-6-2-5-14-24/h3-4,9,11-13,20,25H,2,5-8,10,14-16,24H2,1H3. The van der Waals surface area contributed by atoms with E-state index in [9.17, 15) is 0 Å². The highest BCUT2D eigenvalue weighted by Crippen LogP contribution is 2.28. The summed E-state index contributed by atoms with van der Waals surface area (Å²) < 4.78 is 2.38. The maximum absolute atomic E-state index is 5.66. The zero-order chi connectivity index (χ0) is 19.3. The lowest BCUT2D eigenvalue weighted by Crippen LogP contribution is -2.23. The first-order chi connectivity index (χ1) is 13.8. The summed E-state index contributed by atoms with van der Waals surface area (Å²) in [6, 6.07) is 13.3. The third kappa shape index (κ3) is 3.96. The number of fused-ring (bicyclic) bond motifs is 2. The SMILES string of the molecule is CNC1CCCc2ccc(Cc3nc4ccccc4n3CCCCCN)nc21. The van der Waals surface area contributed by atoms with Crippen molar-refractivity contribution in [2.24, 2.45) is 5.73 Å². The van der Waals surface area contributed by atoms with Crippen LogP contribution in [0, 0.1) is 0 Å². The first kappa shape index (κ1) is 19.1. The molecule has 0 bridgehead atoms. The van der Waals surface area contributed by atoms with Gasteiger partial charge < -0.3 is 15.6 Å². The predicted octanol–water partition coefficient (Wildman–Crippen LogP) is 3.75. The number of para-hydroxylation sites is 2. The summed E-state index contributed by atoms with van der Waals surface area (Å²) in [7, 11) is 2.04. The Morgan fingerprint density at radius 1 is 1.11 bits per heavy atom. The van der Waals surface area contributed by atoms with Crippen LogP contribution in [0.15, 0.2) is 36.4 Å². The third-order valence-electron chi connectivity index (χ3n) is 5.85. The number of benzene rings is 1. The van der Waals surface area contributed by atoms with E-state index in [0.717, 1.165) is 62.2 Å². The number of unbranched alkanes of at least 4 members (excludes halogenated alkanes) is 2. The molecule has 2 aromatic heterocycles. The molecular formula is C23H31N5. The topological polar surface area (TPSA) is 68.8 Å². The summed E-state index contributed by atoms with van der Waals surface area (Å²) >= 11 is 0. The number of imidazole rings is 1. The number of aromatic nitrogens is 3. The van der Waals surface area contributed by atoms with Crippen molar-refractivity contribution in [1.82, 2.24) is 19.9 Å². The van der Waals surface area contributed by atoms with E-state index in [4.69, 9.17) is 15.7 Å². The van der Waals surface area contributed by atoms with Gasteiger partial charge in [0.25, 0.3) is 0 Å². The zero-order valence-electron chi connectivity index (χ0n) is 16.8. The van der Waals surface area contributed by atoms with Crippen molar-refractivity contribution >= 4 is 11.0 Å². The number of hydrogen-bond donors (Lipinski definition) is 2. The second kappa shape index (κ2) is 8.84. The lowest BCUT2D eigenvalue weighted by molar-refractivity contribution is 0.481. The maximum Gasteiger partial charge on any atom is 0.115 e. The molecule has 0 saturated heterocycles. The molecule has 0 spiro atoms. The van der Waals surface area contributed by atoms with Crippen molar-refractivity contribution in [3.8, 4) is 0 Å². The van der Waals surface area contributed by atoms with Gasteiger partial charge in [-0.15, -0.1) is 0 Å². The molecule has 28 heavy (non-hydrogen) atoms. The molecule has 0 aliphatic heterocycles. The monoisotopic (exact) mass is 377 g/mol. The number of nitrogens with zero attached hydrogens (tertiary/aromatic N) is 3. The number of nitrogens with two attached hydrogens (primary N) is 1. The lowest BCUT2D eigenvalue weighted by Gasteiger charge is -2.24. The van der Waals surface area contributed by atoms with Crippen molar-refractivity contribution in [2.75, 3.05) is 13.6 Å². The van der Waals surface area contributed by atoms with Crippen LogP contribution in [0.25, 0.3) is 11.0 Å². The van der Waals surface area contributed by atoms with E-state index in [2.05, 4.69) is 46.3 Å². The van der Waals surface area contributed by atoms with Crippen LogP contribution in [-0.4, -0.2) is 28.1 Å². The van der Waals surface area contributed by atoms with E-state index in [-0.39, 0.29) is 0 Å². The van der Waals surface area contributed by atoms with Gasteiger partial charge in [0.15, 0.2) is 0 Å². The second-order valence-electron chi connectivity index (χ2n) is 7.77. The molecule has 0 radical (unpaired) electrons. The zero-order valence-corrected chi connectivity index (χ0v) is 16.8. The normalized spacial score (nSPS) is 16.4. The molecule has 5 nitrogen and oxygen atoms in total. The third-order valence-corrected chi connectivity index (χ3v) is 5.85. The number of nitrogens with one attached hydrogen (secondary N) is 1. The fraction of sp³-hybridized carbons (Fsp3) is 0.478. The van der Waals surface area contributed by atoms with Crippen molar-refractivity contribution in [3.05, 3.63) is 59.2 Å². The van der Waals surface area contributed by atoms with Crippen LogP contribution < -0.4 is 11.1 Å². The van der Waals surface area contributed by atoms with E-state index in [1.54, 1.807) is 0 Å². The van der Waals surface area contributed by atoms with Crippen LogP contribution in [-0.2, 0) is 19.4 Å². The molecule has 148 valence electrons. The lowest BCUT2D eigenvalue weighted by atomic mass is 9.91. The van der Waals surface area contributed by atoms with Gasteiger partial charge in [-0.1, -0.05) is 24.6 Å². The summed E-state index contributed by atoms with van der Waals surface area (Å²) in [5.41, 5.74) is 11.7. The highest BCUT2D eigenvalue weighted by molar-refractivity contribution is 5.76. The van der Waals surface area contributed by atoms with Gasteiger partial charge in [0.05, 0.1) is 16.7 Å². The molecule has 1 aliphatic rings. The fourth-order valence-electron chi connectivity index (χ4n) is 4.33. The Bertz CT molecular complexity index is 930. The Hall–Kier alpha value is -2.24. The molecule has 0 fully saturated rings. The molecule has 4 rings (SSSR count). The first-order valence-corrected chi connectivity index (χ1v) is 10.6. The summed E-state index contributed by atoms with van der Waals surface area (Å²) in [5, 5.41) is 3.43. The van der Waals surface area contributed by atoms with Crippen molar-refractivity contribution in [1.29, 1.82) is 0 Å². The molecule has 2 heterocycles. The van der Waals surface area contributed by atoms with E-state index in [0.29, 0.717) is 6.04 Å². The Morgan fingerprint density at radius 2 is 2.00 bits per heavy atom. The van der Waals surface area contributed by atoms with Crippen molar-refractivity contribution in [2.45, 2.75) is 57.5 Å². The Balaban J connectivity index is 1.62. The van der Waals surface area contributed by atoms with Crippen LogP contribution in [0.2, 0.25) is 0 Å². The predicted molar refractivity (Wildman–Crippen MR) is 114 cm³/mol. The van der Waals surface area contributed by atoms with Crippen LogP contribution in [0.1, 0.15) is 60.9 Å². The maximum atomic E-state index is 5.66. The molecule has 1 atom stereocenters. The average molecular weight is 378 g/mol. The summed E-state index contributed by atoms with van der Waals surface area (Å²) in [6.45, 7) is 1.75. The summed E-state index contributed by atoms with van der Waals surface area (Å²) in [4.78, 5) is 9.99. The smallest absolute Gasteiger partial charge is 0.115 e. The minimum Gasteiger partial charge on any atom is -0.330 e. The number of pyridine rings is 1. The highest BCUT2D eigenvalue weighted by Gasteiger charge is 2.21. The molecule has 3 N–H and O–H groups in total. The number of rotatable bonds is 8. The van der Waals surface area contributed by atoms with Gasteiger partial charge >= 0.3 is 0 Å². The van der Waals surface area contributed by atoms with Crippen LogP contribution in [0.4, 0.5) is 0 Å². The molecular weight excluding hydrogens is 346 g/mol. The van der Waals surface area contributed by atoms with Crippen molar-refractivity contribution in [3.63, 3.8) is 0 Å². The van der Waals surface area contributed by atoms with Gasteiger partial charge in [-0.3, -0.25) is 4.98 Å². The number of hydrogen-bond acceptors (Lipinski definition) is 4. The first-order valence-electron chi connectivity index (χ1n) is 10.6. The molecule has 3 aromatic rings. The quantitative estimate of drug-likeness (QED) is 0.587. The molecule has 1 aromatic carbocycles. The molecule has 1 unspecified atom stereocenters. The van der Waals surface area contributed by atoms with Gasteiger partial charge in [0.1, 0.15) is 5.82 Å². The fourth-order valence-corrected chi connectivity index (χ4v) is 4.33.